The Bertz CT molecular complexity index is 6210. The van der Waals surface area contributed by atoms with Gasteiger partial charge in [-0.25, -0.2) is 4.79 Å². The number of ether oxygens (including phenoxy) is 7. The summed E-state index contributed by atoms with van der Waals surface area (Å²) < 4.78 is 83.5. The van der Waals surface area contributed by atoms with E-state index in [9.17, 15) is 59.4 Å². The second kappa shape index (κ2) is 57.2. The van der Waals surface area contributed by atoms with Crippen LogP contribution in [0.4, 0.5) is 0 Å². The lowest BCUT2D eigenvalue weighted by Crippen LogP contribution is -2.32. The summed E-state index contributed by atoms with van der Waals surface area (Å²) in [7, 11) is 0. The van der Waals surface area contributed by atoms with E-state index >= 15 is 0 Å². The maximum atomic E-state index is 10.9. The number of rotatable bonds is 29. The van der Waals surface area contributed by atoms with Crippen LogP contribution in [0, 0.1) is 71.0 Å². The summed E-state index contributed by atoms with van der Waals surface area (Å²) in [5, 5.41) is 111. The highest BCUT2D eigenvalue weighted by Crippen LogP contribution is 2.44. The zero-order valence-corrected chi connectivity index (χ0v) is 104. The minimum absolute atomic E-state index is 0. The maximum absolute atomic E-state index is 10.9. The summed E-state index contributed by atoms with van der Waals surface area (Å²) in [5.74, 6) is 4.45. The van der Waals surface area contributed by atoms with E-state index in [1.807, 2.05) is 150 Å². The molecule has 0 aliphatic carbocycles. The van der Waals surface area contributed by atoms with E-state index in [1.165, 1.54) is 0 Å². The third-order valence-corrected chi connectivity index (χ3v) is 30.6. The summed E-state index contributed by atoms with van der Waals surface area (Å²) in [4.78, 5) is 64.5. The molecule has 0 amide bonds. The van der Waals surface area contributed by atoms with Gasteiger partial charge in [-0.1, -0.05) is 19.9 Å². The van der Waals surface area contributed by atoms with Crippen LogP contribution in [0.15, 0.2) is 176 Å². The van der Waals surface area contributed by atoms with Crippen molar-refractivity contribution in [1.82, 2.24) is 0 Å². The molecule has 12 rings (SSSR count). The molecule has 0 aliphatic rings. The van der Waals surface area contributed by atoms with Crippen molar-refractivity contribution in [2.45, 2.75) is 84.2 Å². The number of carbonyl (C=O) groups is 6. The molecule has 0 spiro atoms. The largest absolute Gasteiger partial charge is 0.508 e. The Hall–Kier alpha value is -3.54. The molecule has 27 nitrogen and oxygen atoms in total. The molecule has 16 N–H and O–H groups in total. The Kier molecular flexibility index (Phi) is 48.1. The number of aliphatic carboxylic acids is 6. The van der Waals surface area contributed by atoms with Gasteiger partial charge in [0.2, 0.25) is 0 Å². The van der Waals surface area contributed by atoms with Crippen molar-refractivity contribution < 1.29 is 134 Å². The SMILES string of the molecule is Cc1cc(OCC(=O)O)cc(C)c1Oc1ccc(O)c(C(C)C)c1.NC(Cc1cc(I)c(Oc2cc(I)c(O)c(I)c2)c(I)c1)C(=O)O.NC(Cc1cc(I)c(Oc2ccc(O)c(I)c2)c(I)c1)C(=O)O.O=C(O)CCc1cc(I)c(Oc2ccc(O)cc2)c(I)c1.O=C(O)Cc1cc(I)c(Oc2cc(I)c(O)c(I)c2)c(I)c1.O=C(O)Cc1ccc(Oc2cc(I)c(O)c(I)c2)c(I)c1.[3HH].[3H][3H].[3H][3H].[3H][3H]. The van der Waals surface area contributed by atoms with Crippen molar-refractivity contribution >= 4 is 397 Å². The second-order valence-corrected chi connectivity index (χ2v) is 47.1. The third-order valence-electron chi connectivity index (χ3n) is 17.6. The van der Waals surface area contributed by atoms with Crippen molar-refractivity contribution in [3.05, 3.63) is 278 Å². The highest BCUT2D eigenvalue weighted by molar-refractivity contribution is 14.1. The predicted octanol–water partition coefficient (Wildman–Crippen LogP) is 28.1. The number of halogens is 16. The smallest absolute Gasteiger partial charge is 0.341 e. The molecule has 135 heavy (non-hydrogen) atoms. The van der Waals surface area contributed by atoms with Crippen LogP contribution < -0.4 is 44.6 Å². The quantitative estimate of drug-likeness (QED) is 0.0194. The fourth-order valence-corrected chi connectivity index (χ4v) is 26.1. The van der Waals surface area contributed by atoms with E-state index in [-0.39, 0.29) is 80.6 Å². The predicted molar refractivity (Wildman–Crippen MR) is 654 cm³/mol. The standard InChI is InChI=1S/C19H22O5.C15H11I4NO4.C15H12I3NO4.C15H12I2O4.C14H8I4O4.C14H9I3O4.4H2/c1-11(2)16-9-14(5-6-17(16)20)24-19-12(3)7-15(8-13(19)4)23-10-18(21)22;16-8-4-7(5-9(17)13(8)21)24-14-10(18)1-6(2-11(14)19)3-12(20)15(22)23;16-9-6-8(1-2-13(9)20)23-14-10(17)3-7(4-11(14)18)5-12(19)15(21)22;16-12-7-9(1-6-14(19)20)8-13(17)15(12)21-11-4-2-10(18)3-5-11;15-8-4-7(5-9(16)13(8)21)22-14-10(17)1-6(2-11(14)18)3-12(19)20;15-9-3-7(4-13(18)19)1-2-12(9)21-8-5-10(16)14(20)11(17)6-8;;;;/h5-9,11,20H,10H2,1-4H3,(H,21,22);1-2,4-5,12,21H,3,20H2,(H,22,23);1-4,6,12,20H,5,19H2,(H,21,22);2-5,7-8,18H,1,6H2,(H,19,20);1-2,4-5,21H,3H2,(H,19,20);1-3,5-6,20H,4H2,(H,18,19);4*1H/i;;;;;;3*1+2T;1+2. The number of phenols is 6. The van der Waals surface area contributed by atoms with Crippen LogP contribution in [-0.2, 0) is 60.9 Å². The summed E-state index contributed by atoms with van der Waals surface area (Å²) in [5.41, 5.74) is 17.8. The molecular formula is C92H82I16N2O25. The molecule has 722 valence electrons. The topological polar surface area (TPSA) is 462 Å². The van der Waals surface area contributed by atoms with E-state index in [0.717, 1.165) is 82.4 Å². The zero-order valence-electron chi connectivity index (χ0n) is 75.8. The van der Waals surface area contributed by atoms with Gasteiger partial charge in [-0.15, -0.1) is 0 Å². The highest BCUT2D eigenvalue weighted by atomic mass is 127. The van der Waals surface area contributed by atoms with Crippen molar-refractivity contribution in [2.24, 2.45) is 11.5 Å². The van der Waals surface area contributed by atoms with Gasteiger partial charge in [-0.2, -0.15) is 0 Å². The molecular weight excluding hydrogens is 3560 g/mol. The number of carboxylic acid groups (broad SMARTS) is 6. The van der Waals surface area contributed by atoms with Crippen molar-refractivity contribution in [1.29, 1.82) is 0 Å². The Balaban J connectivity index is 0.000000433. The molecule has 0 saturated carbocycles. The molecule has 12 aromatic rings. The first-order valence-corrected chi connectivity index (χ1v) is 55.6. The number of phenolic OH excluding ortho intramolecular Hbond substituents is 6. The number of aryl methyl sites for hydroxylation is 3. The lowest BCUT2D eigenvalue weighted by atomic mass is 10.0. The summed E-state index contributed by atoms with van der Waals surface area (Å²) in [6.45, 7) is 7.38. The minimum atomic E-state index is -1.02. The number of benzene rings is 12. The fourth-order valence-electron chi connectivity index (χ4n) is 11.3. The van der Waals surface area contributed by atoms with Crippen LogP contribution in [0.1, 0.15) is 81.0 Å². The van der Waals surface area contributed by atoms with Crippen molar-refractivity contribution in [2.75, 3.05) is 6.61 Å². The molecule has 0 radical (unpaired) electrons. The number of carboxylic acids is 6. The first kappa shape index (κ1) is 113. The van der Waals surface area contributed by atoms with Gasteiger partial charge in [0.1, 0.15) is 98.3 Å². The van der Waals surface area contributed by atoms with Gasteiger partial charge >= 0.3 is 35.8 Å². The van der Waals surface area contributed by atoms with E-state index in [1.54, 1.807) is 121 Å². The molecule has 12 aromatic carbocycles. The van der Waals surface area contributed by atoms with Crippen LogP contribution in [0.3, 0.4) is 0 Å². The van der Waals surface area contributed by atoms with Crippen LogP contribution >= 0.6 is 361 Å². The van der Waals surface area contributed by atoms with Crippen molar-refractivity contribution in [3.8, 4) is 109 Å². The summed E-state index contributed by atoms with van der Waals surface area (Å²) >= 11 is 33.7. The molecule has 0 bridgehead atoms. The fraction of sp³-hybridized carbons (Fsp3) is 0.152. The van der Waals surface area contributed by atoms with Gasteiger partial charge in [-0.3, -0.25) is 24.0 Å². The molecule has 2 atom stereocenters. The van der Waals surface area contributed by atoms with E-state index in [4.69, 9.17) is 84.2 Å². The monoisotopic (exact) mass is 3660 g/mol. The number of hydrogen-bond acceptors (Lipinski definition) is 21. The number of aromatic hydroxyl groups is 6. The van der Waals surface area contributed by atoms with E-state index in [2.05, 4.69) is 294 Å². The number of nitrogens with two attached hydrogens (primary N) is 2. The highest BCUT2D eigenvalue weighted by Gasteiger charge is 2.23. The Morgan fingerprint density at radius 2 is 0.644 bits per heavy atom. The van der Waals surface area contributed by atoms with Gasteiger partial charge in [-0.05, 0) is 609 Å². The lowest BCUT2D eigenvalue weighted by molar-refractivity contribution is -0.140. The van der Waals surface area contributed by atoms with E-state index < -0.39 is 47.9 Å². The maximum Gasteiger partial charge on any atom is 0.341 e. The molecule has 0 heterocycles. The summed E-state index contributed by atoms with van der Waals surface area (Å²) in [6.07, 6.45) is 1.12. The third kappa shape index (κ3) is 38.8. The molecule has 0 aromatic heterocycles. The molecule has 0 fully saturated rings. The van der Waals surface area contributed by atoms with Crippen LogP contribution in [-0.4, -0.2) is 116 Å². The van der Waals surface area contributed by atoms with Crippen LogP contribution in [0.5, 0.6) is 109 Å². The van der Waals surface area contributed by atoms with Crippen LogP contribution in [0.25, 0.3) is 0 Å². The van der Waals surface area contributed by atoms with Gasteiger partial charge in [0, 0.05) is 22.3 Å². The second-order valence-electron chi connectivity index (χ2n) is 28.5. The molecule has 43 heteroatoms. The Labute approximate surface area is 1000 Å². The van der Waals surface area contributed by atoms with Crippen molar-refractivity contribution in [3.63, 3.8) is 0 Å². The average Bonchev–Trinajstić information content (AvgIpc) is 0.814. The molecule has 0 aliphatic heterocycles. The van der Waals surface area contributed by atoms with Gasteiger partial charge < -0.3 is 106 Å². The van der Waals surface area contributed by atoms with Crippen LogP contribution in [0.2, 0.25) is 0 Å². The minimum Gasteiger partial charge on any atom is -0.508 e. The Morgan fingerprint density at radius 3 is 1.01 bits per heavy atom. The molecule has 2 unspecified atom stereocenters. The Morgan fingerprint density at radius 1 is 0.319 bits per heavy atom. The molecule has 0 saturated heterocycles. The normalized spacial score (nSPS) is 11.2. The average molecular weight is 3660 g/mol. The van der Waals surface area contributed by atoms with Gasteiger partial charge in [0.15, 0.2) is 29.6 Å². The van der Waals surface area contributed by atoms with Gasteiger partial charge in [0.05, 0.1) is 70.0 Å². The van der Waals surface area contributed by atoms with E-state index in [0.29, 0.717) is 100 Å². The number of hydrogen-bond donors (Lipinski definition) is 14. The zero-order chi connectivity index (χ0) is 106. The van der Waals surface area contributed by atoms with Gasteiger partial charge in [0.25, 0.3) is 0 Å². The first-order valence-electron chi connectivity index (χ1n) is 41.3. The first-order chi connectivity index (χ1) is 66.3. The lowest BCUT2D eigenvalue weighted by Gasteiger charge is -2.16. The summed E-state index contributed by atoms with van der Waals surface area (Å²) in [6, 6.07) is 49.1.